The van der Waals surface area contributed by atoms with E-state index in [-0.39, 0.29) is 28.7 Å². The summed E-state index contributed by atoms with van der Waals surface area (Å²) in [6, 6.07) is 23.1. The van der Waals surface area contributed by atoms with E-state index in [0.717, 1.165) is 5.56 Å². The van der Waals surface area contributed by atoms with Crippen molar-refractivity contribution >= 4 is 21.8 Å². The molecule has 0 saturated heterocycles. The molecule has 4 rings (SSSR count). The average Bonchev–Trinajstić information content (AvgIpc) is 3.23. The van der Waals surface area contributed by atoms with E-state index in [0.29, 0.717) is 11.1 Å². The van der Waals surface area contributed by atoms with Crippen LogP contribution in [0.1, 0.15) is 34.3 Å². The van der Waals surface area contributed by atoms with E-state index >= 15 is 0 Å². The molecule has 2 N–H and O–H groups in total. The predicted molar refractivity (Wildman–Crippen MR) is 132 cm³/mol. The van der Waals surface area contributed by atoms with E-state index in [1.54, 1.807) is 73.7 Å². The highest BCUT2D eigenvalue weighted by Gasteiger charge is 2.44. The molecular formula is C27H26N2O5S. The molecular weight excluding hydrogens is 464 g/mol. The van der Waals surface area contributed by atoms with Crippen LogP contribution in [-0.2, 0) is 19.6 Å². The van der Waals surface area contributed by atoms with Crippen LogP contribution in [0.15, 0.2) is 101 Å². The van der Waals surface area contributed by atoms with Crippen LogP contribution >= 0.6 is 0 Å². The quantitative estimate of drug-likeness (QED) is 0.369. The molecule has 0 spiro atoms. The molecule has 1 aliphatic heterocycles. The minimum Gasteiger partial charge on any atom is -0.463 e. The van der Waals surface area contributed by atoms with Crippen LogP contribution in [0.5, 0.6) is 0 Å². The lowest BCUT2D eigenvalue weighted by Crippen LogP contribution is -2.39. The highest BCUT2D eigenvalue weighted by atomic mass is 32.2. The van der Waals surface area contributed by atoms with Gasteiger partial charge < -0.3 is 10.1 Å². The van der Waals surface area contributed by atoms with Gasteiger partial charge in [0.15, 0.2) is 5.78 Å². The van der Waals surface area contributed by atoms with Gasteiger partial charge in [-0.2, -0.15) is 0 Å². The van der Waals surface area contributed by atoms with Crippen LogP contribution in [-0.4, -0.2) is 32.8 Å². The molecule has 8 heteroatoms. The van der Waals surface area contributed by atoms with Crippen LogP contribution in [0.25, 0.3) is 0 Å². The zero-order chi connectivity index (χ0) is 25.0. The maximum atomic E-state index is 13.6. The summed E-state index contributed by atoms with van der Waals surface area (Å²) in [5, 5.41) is 3.00. The van der Waals surface area contributed by atoms with Crippen molar-refractivity contribution in [3.8, 4) is 0 Å². The fourth-order valence-electron chi connectivity index (χ4n) is 4.09. The maximum Gasteiger partial charge on any atom is 0.338 e. The van der Waals surface area contributed by atoms with Gasteiger partial charge in [-0.15, -0.1) is 0 Å². The Bertz CT molecular complexity index is 1350. The number of carbonyl (C=O) groups is 2. The second kappa shape index (κ2) is 10.1. The van der Waals surface area contributed by atoms with Gasteiger partial charge in [-0.05, 0) is 31.5 Å². The third kappa shape index (κ3) is 5.12. The van der Waals surface area contributed by atoms with Crippen molar-refractivity contribution in [2.45, 2.75) is 30.7 Å². The molecule has 0 aliphatic carbocycles. The number of esters is 1. The minimum absolute atomic E-state index is 0.0368. The molecule has 0 amide bonds. The van der Waals surface area contributed by atoms with Gasteiger partial charge in [0.25, 0.3) is 10.0 Å². The SMILES string of the molecule is CCOC(=O)C1=C(NS(=O)(=O)c2ccc(C)cc2)NC(C(=O)c2ccccc2)C1c1ccccc1. The van der Waals surface area contributed by atoms with E-state index in [1.165, 1.54) is 12.1 Å². The van der Waals surface area contributed by atoms with Crippen LogP contribution < -0.4 is 10.0 Å². The van der Waals surface area contributed by atoms with Gasteiger partial charge in [-0.1, -0.05) is 78.4 Å². The first-order valence-electron chi connectivity index (χ1n) is 11.2. The third-order valence-corrected chi connectivity index (χ3v) is 7.14. The molecule has 2 atom stereocenters. The number of benzene rings is 3. The predicted octanol–water partition coefficient (Wildman–Crippen LogP) is 3.69. The van der Waals surface area contributed by atoms with Gasteiger partial charge in [-0.3, -0.25) is 9.52 Å². The van der Waals surface area contributed by atoms with Crippen molar-refractivity contribution in [1.82, 2.24) is 10.0 Å². The second-order valence-electron chi connectivity index (χ2n) is 8.17. The van der Waals surface area contributed by atoms with E-state index in [9.17, 15) is 18.0 Å². The molecule has 7 nitrogen and oxygen atoms in total. The smallest absolute Gasteiger partial charge is 0.338 e. The number of carbonyl (C=O) groups excluding carboxylic acids is 2. The Kier molecular flexibility index (Phi) is 7.02. The first-order valence-corrected chi connectivity index (χ1v) is 12.7. The number of Topliss-reactive ketones (excluding diaryl/α,β-unsaturated/α-hetero) is 1. The Morgan fingerprint density at radius 3 is 2.11 bits per heavy atom. The highest BCUT2D eigenvalue weighted by Crippen LogP contribution is 2.37. The molecule has 0 bridgehead atoms. The van der Waals surface area contributed by atoms with E-state index in [4.69, 9.17) is 4.74 Å². The van der Waals surface area contributed by atoms with E-state index < -0.39 is 28.0 Å². The fraction of sp³-hybridized carbons (Fsp3) is 0.185. The lowest BCUT2D eigenvalue weighted by Gasteiger charge is -2.21. The summed E-state index contributed by atoms with van der Waals surface area (Å²) in [5.74, 6) is -1.80. The molecule has 35 heavy (non-hydrogen) atoms. The Labute approximate surface area is 204 Å². The zero-order valence-electron chi connectivity index (χ0n) is 19.4. The molecule has 0 saturated carbocycles. The summed E-state index contributed by atoms with van der Waals surface area (Å²) in [6.07, 6.45) is 0. The lowest BCUT2D eigenvalue weighted by molar-refractivity contribution is -0.138. The van der Waals surface area contributed by atoms with Crippen LogP contribution in [0, 0.1) is 6.92 Å². The molecule has 3 aromatic rings. The second-order valence-corrected chi connectivity index (χ2v) is 9.85. The minimum atomic E-state index is -4.05. The topological polar surface area (TPSA) is 102 Å². The molecule has 1 aliphatic rings. The van der Waals surface area contributed by atoms with Gasteiger partial charge >= 0.3 is 5.97 Å². The number of nitrogens with one attached hydrogen (secondary N) is 2. The monoisotopic (exact) mass is 490 g/mol. The summed E-state index contributed by atoms with van der Waals surface area (Å²) in [4.78, 5) is 26.7. The number of rotatable bonds is 8. The van der Waals surface area contributed by atoms with Crippen molar-refractivity contribution in [3.05, 3.63) is 113 Å². The summed E-state index contributed by atoms with van der Waals surface area (Å²) >= 11 is 0. The first kappa shape index (κ1) is 24.2. The molecule has 0 radical (unpaired) electrons. The molecule has 3 aromatic carbocycles. The van der Waals surface area contributed by atoms with Crippen molar-refractivity contribution in [2.24, 2.45) is 0 Å². The number of sulfonamides is 1. The van der Waals surface area contributed by atoms with Gasteiger partial charge in [0.2, 0.25) is 0 Å². The Hall–Kier alpha value is -3.91. The van der Waals surface area contributed by atoms with Crippen molar-refractivity contribution in [2.75, 3.05) is 6.61 Å². The van der Waals surface area contributed by atoms with Crippen molar-refractivity contribution in [3.63, 3.8) is 0 Å². The van der Waals surface area contributed by atoms with Crippen LogP contribution in [0.3, 0.4) is 0 Å². The fourth-order valence-corrected chi connectivity index (χ4v) is 5.14. The van der Waals surface area contributed by atoms with Gasteiger partial charge in [-0.25, -0.2) is 13.2 Å². The number of hydrogen-bond acceptors (Lipinski definition) is 6. The standard InChI is InChI=1S/C27H26N2O5S/c1-3-34-27(31)23-22(19-10-6-4-7-11-19)24(25(30)20-12-8-5-9-13-20)28-26(23)29-35(32,33)21-16-14-18(2)15-17-21/h4-17,22,24,28-29H,3H2,1-2H3. The number of ether oxygens (including phenoxy) is 1. The van der Waals surface area contributed by atoms with Crippen molar-refractivity contribution in [1.29, 1.82) is 0 Å². The first-order chi connectivity index (χ1) is 16.8. The van der Waals surface area contributed by atoms with Crippen molar-refractivity contribution < 1.29 is 22.7 Å². The normalized spacial score (nSPS) is 17.5. The van der Waals surface area contributed by atoms with E-state index in [1.807, 2.05) is 13.0 Å². The molecule has 180 valence electrons. The Balaban J connectivity index is 1.82. The average molecular weight is 491 g/mol. The highest BCUT2D eigenvalue weighted by molar-refractivity contribution is 7.89. The molecule has 0 aromatic heterocycles. The van der Waals surface area contributed by atoms with Gasteiger partial charge in [0.05, 0.1) is 17.1 Å². The number of aryl methyl sites for hydroxylation is 1. The number of ketones is 1. The van der Waals surface area contributed by atoms with Crippen LogP contribution in [0.4, 0.5) is 0 Å². The summed E-state index contributed by atoms with van der Waals surface area (Å²) in [7, 11) is -4.05. The largest absolute Gasteiger partial charge is 0.463 e. The van der Waals surface area contributed by atoms with E-state index in [2.05, 4.69) is 10.0 Å². The lowest BCUT2D eigenvalue weighted by atomic mass is 9.84. The number of hydrogen-bond donors (Lipinski definition) is 2. The Morgan fingerprint density at radius 1 is 0.914 bits per heavy atom. The summed E-state index contributed by atoms with van der Waals surface area (Å²) in [6.45, 7) is 3.62. The summed E-state index contributed by atoms with van der Waals surface area (Å²) < 4.78 is 34.2. The van der Waals surface area contributed by atoms with Crippen LogP contribution in [0.2, 0.25) is 0 Å². The Morgan fingerprint density at radius 2 is 1.51 bits per heavy atom. The summed E-state index contributed by atoms with van der Waals surface area (Å²) in [5.41, 5.74) is 2.09. The molecule has 1 heterocycles. The zero-order valence-corrected chi connectivity index (χ0v) is 20.2. The van der Waals surface area contributed by atoms with Gasteiger partial charge in [0.1, 0.15) is 11.9 Å². The third-order valence-electron chi connectivity index (χ3n) is 5.78. The maximum absolute atomic E-state index is 13.6. The van der Waals surface area contributed by atoms with Gasteiger partial charge in [0, 0.05) is 11.5 Å². The molecule has 2 unspecified atom stereocenters. The molecule has 0 fully saturated rings.